The number of likely N-dealkylation sites (N-methyl/N-ethyl adjacent to an activating group) is 1. The summed E-state index contributed by atoms with van der Waals surface area (Å²) < 4.78 is 0. The lowest BCUT2D eigenvalue weighted by Crippen LogP contribution is -2.33. The largest absolute Gasteiger partial charge is 0.371 e. The zero-order chi connectivity index (χ0) is 25.8. The number of likely N-dealkylation sites (tertiary alicyclic amines) is 1. The maximum absolute atomic E-state index is 2.62. The van der Waals surface area contributed by atoms with Crippen LogP contribution in [0, 0.1) is 0 Å². The second-order valence-corrected chi connectivity index (χ2v) is 10.1. The highest BCUT2D eigenvalue weighted by atomic mass is 15.2. The SMILES string of the molecule is CC/C=C1/C=C(N2CCCCC2)c2cc(N(C)/C(=C/CC)c3cccc4ccccc34)ccc2N1CC. The quantitative estimate of drug-likeness (QED) is 0.327. The van der Waals surface area contributed by atoms with Gasteiger partial charge < -0.3 is 14.7 Å². The van der Waals surface area contributed by atoms with Crippen LogP contribution in [0.4, 0.5) is 11.4 Å². The number of hydrogen-bond acceptors (Lipinski definition) is 3. The molecule has 0 atom stereocenters. The van der Waals surface area contributed by atoms with Gasteiger partial charge in [-0.1, -0.05) is 68.5 Å². The van der Waals surface area contributed by atoms with Gasteiger partial charge in [0.05, 0.1) is 5.69 Å². The van der Waals surface area contributed by atoms with Crippen LogP contribution in [0.15, 0.2) is 84.6 Å². The average molecular weight is 492 g/mol. The van der Waals surface area contributed by atoms with E-state index < -0.39 is 0 Å². The molecule has 37 heavy (non-hydrogen) atoms. The molecule has 0 unspecified atom stereocenters. The second kappa shape index (κ2) is 11.3. The number of rotatable bonds is 7. The number of allylic oxidation sites excluding steroid dienone is 3. The molecule has 2 aliphatic rings. The van der Waals surface area contributed by atoms with Crippen molar-refractivity contribution in [2.75, 3.05) is 36.5 Å². The highest BCUT2D eigenvalue weighted by Crippen LogP contribution is 2.41. The molecule has 3 nitrogen and oxygen atoms in total. The Morgan fingerprint density at radius 1 is 0.892 bits per heavy atom. The molecule has 1 saturated heterocycles. The van der Waals surface area contributed by atoms with Gasteiger partial charge in [0.2, 0.25) is 0 Å². The van der Waals surface area contributed by atoms with Crippen molar-refractivity contribution in [1.29, 1.82) is 0 Å². The third-order valence-electron chi connectivity index (χ3n) is 7.78. The summed E-state index contributed by atoms with van der Waals surface area (Å²) in [4.78, 5) is 7.48. The van der Waals surface area contributed by atoms with Crippen LogP contribution < -0.4 is 9.80 Å². The summed E-state index contributed by atoms with van der Waals surface area (Å²) >= 11 is 0. The maximum Gasteiger partial charge on any atom is 0.0506 e. The van der Waals surface area contributed by atoms with Crippen molar-refractivity contribution < 1.29 is 0 Å². The van der Waals surface area contributed by atoms with E-state index in [1.165, 1.54) is 69.6 Å². The Bertz CT molecular complexity index is 1330. The first-order valence-corrected chi connectivity index (χ1v) is 14.2. The lowest BCUT2D eigenvalue weighted by atomic mass is 9.97. The standard InChI is InChI=1S/C34H41N3/c1-5-14-28-25-34(36-22-11-8-12-23-36)31-24-27(20-21-33(31)37(28)7-3)35(4)32(15-6-2)30-19-13-17-26-16-9-10-18-29(26)30/h9-10,13-21,24-25H,5-8,11-12,22-23H2,1-4H3/b28-14-,32-15+. The lowest BCUT2D eigenvalue weighted by Gasteiger charge is -2.39. The summed E-state index contributed by atoms with van der Waals surface area (Å²) in [5.41, 5.74) is 9.19. The average Bonchev–Trinajstić information content (AvgIpc) is 2.95. The predicted molar refractivity (Wildman–Crippen MR) is 162 cm³/mol. The minimum atomic E-state index is 0.967. The fourth-order valence-corrected chi connectivity index (χ4v) is 5.94. The van der Waals surface area contributed by atoms with Gasteiger partial charge in [0.25, 0.3) is 0 Å². The molecular weight excluding hydrogens is 450 g/mol. The number of fused-ring (bicyclic) bond motifs is 2. The molecule has 2 aliphatic heterocycles. The van der Waals surface area contributed by atoms with Gasteiger partial charge in [-0.3, -0.25) is 0 Å². The molecule has 0 N–H and O–H groups in total. The van der Waals surface area contributed by atoms with E-state index >= 15 is 0 Å². The van der Waals surface area contributed by atoms with Gasteiger partial charge in [-0.15, -0.1) is 0 Å². The van der Waals surface area contributed by atoms with Crippen LogP contribution in [-0.2, 0) is 0 Å². The van der Waals surface area contributed by atoms with Gasteiger partial charge in [0.1, 0.15) is 0 Å². The second-order valence-electron chi connectivity index (χ2n) is 10.1. The van der Waals surface area contributed by atoms with Gasteiger partial charge in [-0.05, 0) is 74.1 Å². The van der Waals surface area contributed by atoms with Gasteiger partial charge in [0.15, 0.2) is 0 Å². The summed E-state index contributed by atoms with van der Waals surface area (Å²) in [6, 6.07) is 22.4. The van der Waals surface area contributed by atoms with E-state index in [2.05, 4.69) is 121 Å². The van der Waals surface area contributed by atoms with Gasteiger partial charge in [-0.2, -0.15) is 0 Å². The van der Waals surface area contributed by atoms with Crippen molar-refractivity contribution in [2.24, 2.45) is 0 Å². The Hall–Kier alpha value is -3.46. The molecule has 192 valence electrons. The zero-order valence-corrected chi connectivity index (χ0v) is 23.0. The first-order chi connectivity index (χ1) is 18.2. The van der Waals surface area contributed by atoms with Gasteiger partial charge >= 0.3 is 0 Å². The highest BCUT2D eigenvalue weighted by molar-refractivity contribution is 5.97. The summed E-state index contributed by atoms with van der Waals surface area (Å²) in [6.45, 7) is 9.98. The summed E-state index contributed by atoms with van der Waals surface area (Å²) in [7, 11) is 2.22. The van der Waals surface area contributed by atoms with E-state index in [9.17, 15) is 0 Å². The summed E-state index contributed by atoms with van der Waals surface area (Å²) in [5.74, 6) is 0. The minimum absolute atomic E-state index is 0.967. The molecule has 0 aromatic heterocycles. The first-order valence-electron chi connectivity index (χ1n) is 14.2. The van der Waals surface area contributed by atoms with Crippen LogP contribution in [0.25, 0.3) is 22.2 Å². The topological polar surface area (TPSA) is 9.72 Å². The molecule has 3 aromatic rings. The van der Waals surface area contributed by atoms with E-state index in [0.29, 0.717) is 0 Å². The first kappa shape index (κ1) is 25.2. The molecule has 0 amide bonds. The fourth-order valence-electron chi connectivity index (χ4n) is 5.94. The van der Waals surface area contributed by atoms with Crippen LogP contribution in [-0.4, -0.2) is 31.6 Å². The number of piperidine rings is 1. The molecule has 0 spiro atoms. The lowest BCUT2D eigenvalue weighted by molar-refractivity contribution is 0.325. The third kappa shape index (κ3) is 4.92. The Morgan fingerprint density at radius 3 is 2.43 bits per heavy atom. The van der Waals surface area contributed by atoms with Crippen LogP contribution in [0.5, 0.6) is 0 Å². The number of benzene rings is 3. The van der Waals surface area contributed by atoms with E-state index in [1.807, 2.05) is 0 Å². The number of hydrogen-bond donors (Lipinski definition) is 0. The monoisotopic (exact) mass is 491 g/mol. The van der Waals surface area contributed by atoms with Crippen LogP contribution in [0.2, 0.25) is 0 Å². The van der Waals surface area contributed by atoms with Crippen LogP contribution >= 0.6 is 0 Å². The molecule has 0 radical (unpaired) electrons. The Labute approximate surface area is 223 Å². The van der Waals surface area contributed by atoms with E-state index in [0.717, 1.165) is 32.5 Å². The minimum Gasteiger partial charge on any atom is -0.371 e. The Kier molecular flexibility index (Phi) is 7.69. The Morgan fingerprint density at radius 2 is 1.68 bits per heavy atom. The van der Waals surface area contributed by atoms with Crippen molar-refractivity contribution in [3.8, 4) is 0 Å². The molecule has 5 rings (SSSR count). The van der Waals surface area contributed by atoms with Crippen molar-refractivity contribution in [1.82, 2.24) is 4.90 Å². The molecule has 3 aromatic carbocycles. The van der Waals surface area contributed by atoms with Crippen molar-refractivity contribution in [3.05, 3.63) is 95.7 Å². The Balaban J connectivity index is 1.61. The summed E-state index contributed by atoms with van der Waals surface area (Å²) in [5, 5.41) is 2.58. The zero-order valence-electron chi connectivity index (χ0n) is 23.0. The fraction of sp³-hybridized carbons (Fsp3) is 0.353. The highest BCUT2D eigenvalue weighted by Gasteiger charge is 2.27. The van der Waals surface area contributed by atoms with Crippen molar-refractivity contribution >= 4 is 33.5 Å². The number of nitrogens with zero attached hydrogens (tertiary/aromatic N) is 3. The van der Waals surface area contributed by atoms with Crippen LogP contribution in [0.3, 0.4) is 0 Å². The number of anilines is 2. The smallest absolute Gasteiger partial charge is 0.0506 e. The van der Waals surface area contributed by atoms with Crippen LogP contribution in [0.1, 0.15) is 64.0 Å². The molecule has 3 heteroatoms. The van der Waals surface area contributed by atoms with Crippen molar-refractivity contribution in [2.45, 2.75) is 52.9 Å². The molecule has 0 bridgehead atoms. The normalized spacial score (nSPS) is 17.2. The molecule has 0 saturated carbocycles. The van der Waals surface area contributed by atoms with Crippen molar-refractivity contribution in [3.63, 3.8) is 0 Å². The molecule has 1 fully saturated rings. The molecular formula is C34H41N3. The third-order valence-corrected chi connectivity index (χ3v) is 7.78. The molecule has 0 aliphatic carbocycles. The van der Waals surface area contributed by atoms with E-state index in [4.69, 9.17) is 0 Å². The van der Waals surface area contributed by atoms with Gasteiger partial charge in [-0.25, -0.2) is 0 Å². The maximum atomic E-state index is 2.62. The van der Waals surface area contributed by atoms with E-state index in [1.54, 1.807) is 0 Å². The predicted octanol–water partition coefficient (Wildman–Crippen LogP) is 8.69. The van der Waals surface area contributed by atoms with Gasteiger partial charge in [0, 0.05) is 60.6 Å². The summed E-state index contributed by atoms with van der Waals surface area (Å²) in [6.07, 6.45) is 13.1. The molecule has 2 heterocycles. The van der Waals surface area contributed by atoms with E-state index in [-0.39, 0.29) is 0 Å².